The minimum atomic E-state index is 0.0396. The van der Waals surface area contributed by atoms with Crippen molar-refractivity contribution in [2.75, 3.05) is 30.4 Å². The Hall–Kier alpha value is -1.68. The maximum absolute atomic E-state index is 12.2. The van der Waals surface area contributed by atoms with Gasteiger partial charge in [-0.2, -0.15) is 0 Å². The van der Waals surface area contributed by atoms with Crippen LogP contribution in [0.5, 0.6) is 0 Å². The number of urea groups is 1. The minimum absolute atomic E-state index is 0.0396. The standard InChI is InChI=1S/C13H14ClN3O/c14-5-7-16-8-9-17(13(16)18)11-3-1-2-10-4-6-15-12(10)11/h1-4,6,15H,5,7-9H2. The van der Waals surface area contributed by atoms with E-state index in [4.69, 9.17) is 11.6 Å². The number of halogens is 1. The summed E-state index contributed by atoms with van der Waals surface area (Å²) >= 11 is 5.70. The van der Waals surface area contributed by atoms with E-state index >= 15 is 0 Å². The van der Waals surface area contributed by atoms with Gasteiger partial charge in [0.15, 0.2) is 0 Å². The van der Waals surface area contributed by atoms with Gasteiger partial charge in [-0.1, -0.05) is 12.1 Å². The average Bonchev–Trinajstić information content (AvgIpc) is 2.98. The molecule has 5 heteroatoms. The molecule has 4 nitrogen and oxygen atoms in total. The van der Waals surface area contributed by atoms with E-state index in [1.165, 1.54) is 0 Å². The number of benzene rings is 1. The molecule has 1 aromatic heterocycles. The molecular formula is C13H14ClN3O. The van der Waals surface area contributed by atoms with Crippen molar-refractivity contribution in [2.45, 2.75) is 0 Å². The maximum atomic E-state index is 12.2. The molecule has 1 fully saturated rings. The van der Waals surface area contributed by atoms with Crippen LogP contribution in [-0.4, -0.2) is 41.4 Å². The topological polar surface area (TPSA) is 39.3 Å². The molecule has 2 heterocycles. The number of nitrogens with zero attached hydrogens (tertiary/aromatic N) is 2. The fourth-order valence-electron chi connectivity index (χ4n) is 2.41. The van der Waals surface area contributed by atoms with Crippen LogP contribution in [0.3, 0.4) is 0 Å². The van der Waals surface area contributed by atoms with E-state index in [0.29, 0.717) is 19.0 Å². The third kappa shape index (κ3) is 1.73. The number of rotatable bonds is 3. The molecule has 1 aliphatic heterocycles. The summed E-state index contributed by atoms with van der Waals surface area (Å²) in [7, 11) is 0. The molecule has 94 valence electrons. The first kappa shape index (κ1) is 11.4. The lowest BCUT2D eigenvalue weighted by molar-refractivity contribution is 0.223. The molecule has 0 radical (unpaired) electrons. The first-order valence-corrected chi connectivity index (χ1v) is 6.53. The number of para-hydroxylation sites is 1. The Balaban J connectivity index is 1.96. The van der Waals surface area contributed by atoms with Gasteiger partial charge in [0.05, 0.1) is 11.2 Å². The zero-order valence-electron chi connectivity index (χ0n) is 9.90. The highest BCUT2D eigenvalue weighted by atomic mass is 35.5. The molecular weight excluding hydrogens is 250 g/mol. The van der Waals surface area contributed by atoms with Crippen molar-refractivity contribution >= 4 is 34.2 Å². The van der Waals surface area contributed by atoms with Crippen LogP contribution in [0.15, 0.2) is 30.5 Å². The molecule has 0 unspecified atom stereocenters. The Morgan fingerprint density at radius 3 is 3.00 bits per heavy atom. The van der Waals surface area contributed by atoms with Gasteiger partial charge in [0, 0.05) is 37.1 Å². The van der Waals surface area contributed by atoms with Crippen LogP contribution in [0.2, 0.25) is 0 Å². The third-order valence-corrected chi connectivity index (χ3v) is 3.47. The number of amides is 2. The van der Waals surface area contributed by atoms with Crippen LogP contribution in [0.25, 0.3) is 10.9 Å². The van der Waals surface area contributed by atoms with Gasteiger partial charge in [0.2, 0.25) is 0 Å². The Morgan fingerprint density at radius 1 is 1.28 bits per heavy atom. The zero-order chi connectivity index (χ0) is 12.5. The molecule has 18 heavy (non-hydrogen) atoms. The van der Waals surface area contributed by atoms with Crippen LogP contribution in [-0.2, 0) is 0 Å². The van der Waals surface area contributed by atoms with Crippen molar-refractivity contribution < 1.29 is 4.79 Å². The summed E-state index contributed by atoms with van der Waals surface area (Å²) in [5.41, 5.74) is 1.96. The number of carbonyl (C=O) groups excluding carboxylic acids is 1. The highest BCUT2D eigenvalue weighted by Gasteiger charge is 2.29. The summed E-state index contributed by atoms with van der Waals surface area (Å²) < 4.78 is 0. The number of anilines is 1. The van der Waals surface area contributed by atoms with Crippen LogP contribution >= 0.6 is 11.6 Å². The number of alkyl halides is 1. The van der Waals surface area contributed by atoms with E-state index < -0.39 is 0 Å². The molecule has 1 aromatic carbocycles. The van der Waals surface area contributed by atoms with Crippen molar-refractivity contribution in [3.05, 3.63) is 30.5 Å². The molecule has 0 spiro atoms. The lowest BCUT2D eigenvalue weighted by Crippen LogP contribution is -2.33. The number of hydrogen-bond acceptors (Lipinski definition) is 1. The Labute approximate surface area is 110 Å². The zero-order valence-corrected chi connectivity index (χ0v) is 10.7. The molecule has 0 saturated carbocycles. The van der Waals surface area contributed by atoms with Gasteiger partial charge in [-0.15, -0.1) is 11.6 Å². The molecule has 1 N–H and O–H groups in total. The average molecular weight is 264 g/mol. The Morgan fingerprint density at radius 2 is 2.17 bits per heavy atom. The molecule has 0 atom stereocenters. The molecule has 1 saturated heterocycles. The molecule has 3 rings (SSSR count). The second-order valence-electron chi connectivity index (χ2n) is 4.33. The quantitative estimate of drug-likeness (QED) is 0.850. The van der Waals surface area contributed by atoms with E-state index in [9.17, 15) is 4.79 Å². The van der Waals surface area contributed by atoms with Gasteiger partial charge in [-0.25, -0.2) is 4.79 Å². The first-order chi connectivity index (χ1) is 8.81. The summed E-state index contributed by atoms with van der Waals surface area (Å²) in [5.74, 6) is 0.478. The van der Waals surface area contributed by atoms with Gasteiger partial charge < -0.3 is 9.88 Å². The summed E-state index contributed by atoms with van der Waals surface area (Å²) in [6.45, 7) is 2.06. The van der Waals surface area contributed by atoms with Gasteiger partial charge in [0.25, 0.3) is 0 Å². The fraction of sp³-hybridized carbons (Fsp3) is 0.308. The Bertz CT molecular complexity index is 580. The number of hydrogen-bond donors (Lipinski definition) is 1. The number of H-pyrrole nitrogens is 1. The van der Waals surface area contributed by atoms with E-state index in [1.54, 1.807) is 4.90 Å². The highest BCUT2D eigenvalue weighted by molar-refractivity contribution is 6.18. The van der Waals surface area contributed by atoms with Gasteiger partial charge in [-0.05, 0) is 12.1 Å². The number of nitrogens with one attached hydrogen (secondary N) is 1. The van der Waals surface area contributed by atoms with Crippen molar-refractivity contribution in [1.82, 2.24) is 9.88 Å². The predicted octanol–water partition coefficient (Wildman–Crippen LogP) is 2.65. The monoisotopic (exact) mass is 263 g/mol. The molecule has 2 amide bonds. The summed E-state index contributed by atoms with van der Waals surface area (Å²) in [6.07, 6.45) is 1.89. The van der Waals surface area contributed by atoms with E-state index in [1.807, 2.05) is 35.4 Å². The normalized spacial score (nSPS) is 15.9. The van der Waals surface area contributed by atoms with Crippen LogP contribution in [0.1, 0.15) is 0 Å². The molecule has 0 bridgehead atoms. The summed E-state index contributed by atoms with van der Waals surface area (Å²) in [5, 5.41) is 1.12. The Kier molecular flexibility index (Phi) is 2.88. The van der Waals surface area contributed by atoms with Crippen LogP contribution in [0, 0.1) is 0 Å². The maximum Gasteiger partial charge on any atom is 0.324 e. The second-order valence-corrected chi connectivity index (χ2v) is 4.71. The number of aromatic nitrogens is 1. The number of aromatic amines is 1. The molecule has 2 aromatic rings. The third-order valence-electron chi connectivity index (χ3n) is 3.31. The lowest BCUT2D eigenvalue weighted by atomic mass is 10.2. The smallest absolute Gasteiger partial charge is 0.324 e. The highest BCUT2D eigenvalue weighted by Crippen LogP contribution is 2.28. The minimum Gasteiger partial charge on any atom is -0.359 e. The largest absolute Gasteiger partial charge is 0.359 e. The fourth-order valence-corrected chi connectivity index (χ4v) is 2.61. The second kappa shape index (κ2) is 4.53. The summed E-state index contributed by atoms with van der Waals surface area (Å²) in [6, 6.07) is 8.03. The number of carbonyl (C=O) groups is 1. The van der Waals surface area contributed by atoms with Crippen molar-refractivity contribution in [1.29, 1.82) is 0 Å². The van der Waals surface area contributed by atoms with Gasteiger partial charge >= 0.3 is 6.03 Å². The van der Waals surface area contributed by atoms with Crippen LogP contribution < -0.4 is 4.90 Å². The van der Waals surface area contributed by atoms with Crippen molar-refractivity contribution in [2.24, 2.45) is 0 Å². The van der Waals surface area contributed by atoms with Gasteiger partial charge in [0.1, 0.15) is 0 Å². The van der Waals surface area contributed by atoms with E-state index in [2.05, 4.69) is 4.98 Å². The predicted molar refractivity (Wildman–Crippen MR) is 73.3 cm³/mol. The molecule has 0 aliphatic carbocycles. The van der Waals surface area contributed by atoms with E-state index in [-0.39, 0.29) is 6.03 Å². The van der Waals surface area contributed by atoms with Gasteiger partial charge in [-0.3, -0.25) is 4.90 Å². The SMILES string of the molecule is O=C1N(CCCl)CCN1c1cccc2cc[nH]c12. The first-order valence-electron chi connectivity index (χ1n) is 6.00. The van der Waals surface area contributed by atoms with Crippen LogP contribution in [0.4, 0.5) is 10.5 Å². The number of fused-ring (bicyclic) bond motifs is 1. The van der Waals surface area contributed by atoms with Crippen molar-refractivity contribution in [3.8, 4) is 0 Å². The van der Waals surface area contributed by atoms with E-state index in [0.717, 1.165) is 23.1 Å². The van der Waals surface area contributed by atoms with Crippen molar-refractivity contribution in [3.63, 3.8) is 0 Å². The lowest BCUT2D eigenvalue weighted by Gasteiger charge is -2.18. The molecule has 1 aliphatic rings. The summed E-state index contributed by atoms with van der Waals surface area (Å²) in [4.78, 5) is 19.0.